The lowest BCUT2D eigenvalue weighted by molar-refractivity contribution is 0.617. The smallest absolute Gasteiger partial charge is 0.247 e. The van der Waals surface area contributed by atoms with Crippen LogP contribution in [0.5, 0.6) is 0 Å². The molecule has 0 saturated carbocycles. The fourth-order valence-electron chi connectivity index (χ4n) is 1.37. The molecule has 1 aromatic carbocycles. The second-order valence-electron chi connectivity index (χ2n) is 3.12. The fourth-order valence-corrected chi connectivity index (χ4v) is 1.90. The van der Waals surface area contributed by atoms with Crippen molar-refractivity contribution in [1.29, 1.82) is 0 Å². The molecule has 2 aromatic heterocycles. The first-order chi connectivity index (χ1) is 7.33. The fraction of sp³-hybridized carbons (Fsp3) is 0. The van der Waals surface area contributed by atoms with Gasteiger partial charge in [0.1, 0.15) is 11.2 Å². The van der Waals surface area contributed by atoms with Crippen LogP contribution in [-0.4, -0.2) is 9.97 Å². The number of hydrogen-bond donors (Lipinski definition) is 1. The molecule has 0 saturated heterocycles. The molecule has 4 nitrogen and oxygen atoms in total. The monoisotopic (exact) mass is 217 g/mol. The van der Waals surface area contributed by atoms with E-state index >= 15 is 0 Å². The van der Waals surface area contributed by atoms with Crippen LogP contribution in [-0.2, 0) is 0 Å². The number of thiazole rings is 1. The van der Waals surface area contributed by atoms with Crippen molar-refractivity contribution >= 4 is 28.1 Å². The third-order valence-corrected chi connectivity index (χ3v) is 2.65. The molecule has 2 heterocycles. The van der Waals surface area contributed by atoms with Crippen molar-refractivity contribution in [2.24, 2.45) is 0 Å². The number of nitrogens with zero attached hydrogens (tertiary/aromatic N) is 2. The van der Waals surface area contributed by atoms with E-state index in [9.17, 15) is 0 Å². The van der Waals surface area contributed by atoms with Crippen molar-refractivity contribution in [3.63, 3.8) is 0 Å². The number of anilines is 1. The third-order valence-electron chi connectivity index (χ3n) is 2.06. The SMILES string of the molecule is Nc1ccc2oc(-c3cscn3)nc2c1. The van der Waals surface area contributed by atoms with Crippen molar-refractivity contribution in [3.05, 3.63) is 29.1 Å². The van der Waals surface area contributed by atoms with Crippen LogP contribution < -0.4 is 5.73 Å². The van der Waals surface area contributed by atoms with E-state index < -0.39 is 0 Å². The zero-order valence-electron chi connectivity index (χ0n) is 7.68. The lowest BCUT2D eigenvalue weighted by atomic mass is 10.3. The number of benzene rings is 1. The average molecular weight is 217 g/mol. The Morgan fingerprint density at radius 1 is 1.33 bits per heavy atom. The van der Waals surface area contributed by atoms with Crippen molar-refractivity contribution in [2.45, 2.75) is 0 Å². The van der Waals surface area contributed by atoms with Crippen LogP contribution in [0.4, 0.5) is 5.69 Å². The summed E-state index contributed by atoms with van der Waals surface area (Å²) < 4.78 is 5.54. The minimum Gasteiger partial charge on any atom is -0.435 e. The Bertz CT molecular complexity index is 600. The minimum atomic E-state index is 0.539. The molecule has 0 fully saturated rings. The zero-order valence-corrected chi connectivity index (χ0v) is 8.49. The molecule has 0 unspecified atom stereocenters. The second-order valence-corrected chi connectivity index (χ2v) is 3.84. The van der Waals surface area contributed by atoms with E-state index in [1.807, 2.05) is 11.4 Å². The first-order valence-corrected chi connectivity index (χ1v) is 5.32. The number of nitrogens with two attached hydrogens (primary N) is 1. The lowest BCUT2D eigenvalue weighted by Gasteiger charge is -1.88. The summed E-state index contributed by atoms with van der Waals surface area (Å²) in [6, 6.07) is 5.39. The van der Waals surface area contributed by atoms with Gasteiger partial charge in [0.15, 0.2) is 5.58 Å². The van der Waals surface area contributed by atoms with Gasteiger partial charge in [-0.15, -0.1) is 11.3 Å². The number of hydrogen-bond acceptors (Lipinski definition) is 5. The summed E-state index contributed by atoms with van der Waals surface area (Å²) in [5.41, 5.74) is 10.3. The summed E-state index contributed by atoms with van der Waals surface area (Å²) >= 11 is 1.51. The highest BCUT2D eigenvalue weighted by atomic mass is 32.1. The molecule has 0 aliphatic carbocycles. The molecular weight excluding hydrogens is 210 g/mol. The van der Waals surface area contributed by atoms with Gasteiger partial charge in [0, 0.05) is 11.1 Å². The van der Waals surface area contributed by atoms with Crippen LogP contribution in [0.25, 0.3) is 22.7 Å². The molecule has 0 spiro atoms. The number of fused-ring (bicyclic) bond motifs is 1. The van der Waals surface area contributed by atoms with E-state index in [4.69, 9.17) is 10.2 Å². The maximum Gasteiger partial charge on any atom is 0.247 e. The van der Waals surface area contributed by atoms with Crippen LogP contribution in [0, 0.1) is 0 Å². The van der Waals surface area contributed by atoms with Gasteiger partial charge < -0.3 is 10.2 Å². The number of aromatic nitrogens is 2. The molecule has 3 rings (SSSR count). The Morgan fingerprint density at radius 2 is 2.27 bits per heavy atom. The highest BCUT2D eigenvalue weighted by Gasteiger charge is 2.09. The van der Waals surface area contributed by atoms with E-state index in [2.05, 4.69) is 9.97 Å². The van der Waals surface area contributed by atoms with Gasteiger partial charge in [0.2, 0.25) is 5.89 Å². The van der Waals surface area contributed by atoms with Gasteiger partial charge in [0.25, 0.3) is 0 Å². The lowest BCUT2D eigenvalue weighted by Crippen LogP contribution is -1.82. The van der Waals surface area contributed by atoms with Gasteiger partial charge in [-0.25, -0.2) is 9.97 Å². The maximum atomic E-state index is 5.66. The minimum absolute atomic E-state index is 0.539. The summed E-state index contributed by atoms with van der Waals surface area (Å²) in [7, 11) is 0. The first-order valence-electron chi connectivity index (χ1n) is 4.37. The molecule has 2 N–H and O–H groups in total. The van der Waals surface area contributed by atoms with Gasteiger partial charge in [-0.3, -0.25) is 0 Å². The van der Waals surface area contributed by atoms with E-state index in [1.54, 1.807) is 17.6 Å². The van der Waals surface area contributed by atoms with Crippen molar-refractivity contribution < 1.29 is 4.42 Å². The summed E-state index contributed by atoms with van der Waals surface area (Å²) in [5.74, 6) is 0.539. The van der Waals surface area contributed by atoms with E-state index in [0.29, 0.717) is 11.6 Å². The molecule has 0 bridgehead atoms. The molecule has 74 valence electrons. The zero-order chi connectivity index (χ0) is 10.3. The molecule has 15 heavy (non-hydrogen) atoms. The van der Waals surface area contributed by atoms with Crippen molar-refractivity contribution in [2.75, 3.05) is 5.73 Å². The van der Waals surface area contributed by atoms with Gasteiger partial charge in [-0.2, -0.15) is 0 Å². The topological polar surface area (TPSA) is 64.9 Å². The first kappa shape index (κ1) is 8.43. The van der Waals surface area contributed by atoms with E-state index in [0.717, 1.165) is 16.8 Å². The molecule has 0 radical (unpaired) electrons. The highest BCUT2D eigenvalue weighted by molar-refractivity contribution is 7.07. The predicted molar refractivity (Wildman–Crippen MR) is 59.5 cm³/mol. The van der Waals surface area contributed by atoms with Crippen molar-refractivity contribution in [1.82, 2.24) is 9.97 Å². The van der Waals surface area contributed by atoms with Crippen LogP contribution >= 0.6 is 11.3 Å². The van der Waals surface area contributed by atoms with Gasteiger partial charge in [-0.1, -0.05) is 0 Å². The summed E-state index contributed by atoms with van der Waals surface area (Å²) in [4.78, 5) is 8.45. The normalized spacial score (nSPS) is 10.9. The van der Waals surface area contributed by atoms with E-state index in [-0.39, 0.29) is 0 Å². The largest absolute Gasteiger partial charge is 0.435 e. The van der Waals surface area contributed by atoms with Gasteiger partial charge >= 0.3 is 0 Å². The van der Waals surface area contributed by atoms with Crippen molar-refractivity contribution in [3.8, 4) is 11.6 Å². The molecular formula is C10H7N3OS. The summed E-state index contributed by atoms with van der Waals surface area (Å²) in [6.45, 7) is 0. The Kier molecular flexibility index (Phi) is 1.72. The average Bonchev–Trinajstić information content (AvgIpc) is 2.84. The van der Waals surface area contributed by atoms with Gasteiger partial charge in [0.05, 0.1) is 5.51 Å². The Labute approximate surface area is 89.4 Å². The quantitative estimate of drug-likeness (QED) is 0.636. The Hall–Kier alpha value is -1.88. The molecule has 3 aromatic rings. The molecule has 5 heteroatoms. The molecule has 0 aliphatic rings. The predicted octanol–water partition coefficient (Wildman–Crippen LogP) is 2.53. The third kappa shape index (κ3) is 1.37. The van der Waals surface area contributed by atoms with Crippen LogP contribution in [0.15, 0.2) is 33.5 Å². The van der Waals surface area contributed by atoms with Gasteiger partial charge in [-0.05, 0) is 18.2 Å². The molecule has 0 atom stereocenters. The summed E-state index contributed by atoms with van der Waals surface area (Å²) in [5, 5.41) is 1.90. The van der Waals surface area contributed by atoms with E-state index in [1.165, 1.54) is 11.3 Å². The molecule has 0 amide bonds. The summed E-state index contributed by atoms with van der Waals surface area (Å²) in [6.07, 6.45) is 0. The second kappa shape index (κ2) is 3.06. The number of rotatable bonds is 1. The number of oxazole rings is 1. The maximum absolute atomic E-state index is 5.66. The molecule has 0 aliphatic heterocycles. The Morgan fingerprint density at radius 3 is 3.07 bits per heavy atom. The number of nitrogen functional groups attached to an aromatic ring is 1. The highest BCUT2D eigenvalue weighted by Crippen LogP contribution is 2.24. The van der Waals surface area contributed by atoms with Crippen LogP contribution in [0.3, 0.4) is 0 Å². The standard InChI is InChI=1S/C10H7N3OS/c11-6-1-2-9-7(3-6)13-10(14-9)8-4-15-5-12-8/h1-5H,11H2. The van der Waals surface area contributed by atoms with Crippen LogP contribution in [0.1, 0.15) is 0 Å². The van der Waals surface area contributed by atoms with Crippen LogP contribution in [0.2, 0.25) is 0 Å². The Balaban J connectivity index is 2.22.